The number of hydrogen-bond acceptors (Lipinski definition) is 5. The van der Waals surface area contributed by atoms with E-state index in [9.17, 15) is 0 Å². The Labute approximate surface area is 115 Å². The van der Waals surface area contributed by atoms with Crippen molar-refractivity contribution in [3.63, 3.8) is 0 Å². The van der Waals surface area contributed by atoms with Gasteiger partial charge in [0.1, 0.15) is 11.5 Å². The summed E-state index contributed by atoms with van der Waals surface area (Å²) >= 11 is 0. The third-order valence-corrected chi connectivity index (χ3v) is 3.27. The quantitative estimate of drug-likeness (QED) is 0.855. The zero-order chi connectivity index (χ0) is 13.8. The Morgan fingerprint density at radius 1 is 1.32 bits per heavy atom. The van der Waals surface area contributed by atoms with Gasteiger partial charge in [0.05, 0.1) is 6.61 Å². The van der Waals surface area contributed by atoms with E-state index in [4.69, 9.17) is 10.5 Å². The molecule has 1 aromatic heterocycles. The molecule has 1 saturated carbocycles. The van der Waals surface area contributed by atoms with Crippen LogP contribution in [0.1, 0.15) is 45.4 Å². The normalized spacial score (nSPS) is 16.0. The molecule has 3 N–H and O–H groups in total. The number of ether oxygens (including phenoxy) is 1. The van der Waals surface area contributed by atoms with Gasteiger partial charge in [-0.3, -0.25) is 0 Å². The largest absolute Gasteiger partial charge is 0.476 e. The summed E-state index contributed by atoms with van der Waals surface area (Å²) in [5, 5.41) is 3.42. The molecule has 1 aliphatic rings. The summed E-state index contributed by atoms with van der Waals surface area (Å²) in [7, 11) is 0. The van der Waals surface area contributed by atoms with Gasteiger partial charge in [-0.05, 0) is 25.7 Å². The fraction of sp³-hybridized carbons (Fsp3) is 0.714. The zero-order valence-electron chi connectivity index (χ0n) is 12.1. The highest BCUT2D eigenvalue weighted by molar-refractivity contribution is 5.67. The Morgan fingerprint density at radius 2 is 2.00 bits per heavy atom. The van der Waals surface area contributed by atoms with Crippen LogP contribution in [0.25, 0.3) is 0 Å². The summed E-state index contributed by atoms with van der Waals surface area (Å²) in [6.45, 7) is 6.68. The molecule has 1 heterocycles. The maximum Gasteiger partial charge on any atom is 0.242 e. The molecule has 0 amide bonds. The summed E-state index contributed by atoms with van der Waals surface area (Å²) in [5.41, 5.74) is 6.63. The number of nitrogen functional groups attached to an aromatic ring is 1. The van der Waals surface area contributed by atoms with E-state index in [0.29, 0.717) is 36.0 Å². The number of nitrogens with two attached hydrogens (primary N) is 1. The molecular weight excluding hydrogens is 240 g/mol. The van der Waals surface area contributed by atoms with Crippen LogP contribution in [0.3, 0.4) is 0 Å². The van der Waals surface area contributed by atoms with Crippen molar-refractivity contribution in [1.82, 2.24) is 9.97 Å². The molecule has 0 radical (unpaired) electrons. The van der Waals surface area contributed by atoms with E-state index in [0.717, 1.165) is 5.82 Å². The van der Waals surface area contributed by atoms with Crippen LogP contribution in [0.4, 0.5) is 11.5 Å². The monoisotopic (exact) mass is 264 g/mol. The number of aryl methyl sites for hydroxylation is 1. The van der Waals surface area contributed by atoms with Crippen LogP contribution in [-0.2, 0) is 0 Å². The van der Waals surface area contributed by atoms with Gasteiger partial charge >= 0.3 is 0 Å². The van der Waals surface area contributed by atoms with Crippen molar-refractivity contribution in [3.05, 3.63) is 5.82 Å². The molecule has 5 nitrogen and oxygen atoms in total. The molecular formula is C14H24N4O. The molecule has 1 fully saturated rings. The van der Waals surface area contributed by atoms with Gasteiger partial charge in [-0.15, -0.1) is 0 Å². The molecule has 106 valence electrons. The standard InChI is InChI=1S/C14H24N4O/c1-9(2)8-19-14-12(15)13(16-10(3)17-14)18-11-6-4-5-7-11/h9,11H,4-8,15H2,1-3H3,(H,16,17,18). The number of anilines is 2. The lowest BCUT2D eigenvalue weighted by Gasteiger charge is -2.17. The van der Waals surface area contributed by atoms with E-state index in [-0.39, 0.29) is 0 Å². The minimum atomic E-state index is 0.445. The van der Waals surface area contributed by atoms with Crippen LogP contribution in [0.2, 0.25) is 0 Å². The van der Waals surface area contributed by atoms with E-state index in [1.807, 2.05) is 6.92 Å². The molecule has 0 spiro atoms. The van der Waals surface area contributed by atoms with Crippen LogP contribution in [0.5, 0.6) is 5.88 Å². The minimum absolute atomic E-state index is 0.445. The summed E-state index contributed by atoms with van der Waals surface area (Å²) in [6, 6.07) is 0.481. The smallest absolute Gasteiger partial charge is 0.242 e. The third-order valence-electron chi connectivity index (χ3n) is 3.27. The molecule has 1 aromatic rings. The predicted molar refractivity (Wildman–Crippen MR) is 77.4 cm³/mol. The van der Waals surface area contributed by atoms with Crippen LogP contribution < -0.4 is 15.8 Å². The van der Waals surface area contributed by atoms with Crippen molar-refractivity contribution in [1.29, 1.82) is 0 Å². The summed E-state index contributed by atoms with van der Waals surface area (Å²) in [6.07, 6.45) is 4.92. The molecule has 19 heavy (non-hydrogen) atoms. The molecule has 5 heteroatoms. The maximum absolute atomic E-state index is 6.10. The van der Waals surface area contributed by atoms with Crippen LogP contribution in [0.15, 0.2) is 0 Å². The zero-order valence-corrected chi connectivity index (χ0v) is 12.1. The second-order valence-electron chi connectivity index (χ2n) is 5.67. The fourth-order valence-electron chi connectivity index (χ4n) is 2.28. The molecule has 0 saturated heterocycles. The average molecular weight is 264 g/mol. The lowest BCUT2D eigenvalue weighted by molar-refractivity contribution is 0.262. The van der Waals surface area contributed by atoms with E-state index in [1.54, 1.807) is 0 Å². The summed E-state index contributed by atoms with van der Waals surface area (Å²) in [4.78, 5) is 8.68. The Morgan fingerprint density at radius 3 is 2.63 bits per heavy atom. The second-order valence-corrected chi connectivity index (χ2v) is 5.67. The second kappa shape index (κ2) is 6.08. The van der Waals surface area contributed by atoms with Gasteiger partial charge < -0.3 is 15.8 Å². The van der Waals surface area contributed by atoms with Gasteiger partial charge in [0.25, 0.3) is 0 Å². The van der Waals surface area contributed by atoms with E-state index in [2.05, 4.69) is 29.1 Å². The molecule has 2 rings (SSSR count). The number of rotatable bonds is 5. The van der Waals surface area contributed by atoms with Crippen LogP contribution in [-0.4, -0.2) is 22.6 Å². The number of aromatic nitrogens is 2. The lowest BCUT2D eigenvalue weighted by atomic mass is 10.2. The summed E-state index contributed by atoms with van der Waals surface area (Å²) < 4.78 is 5.67. The Balaban J connectivity index is 2.13. The van der Waals surface area contributed by atoms with Crippen LogP contribution in [0, 0.1) is 12.8 Å². The topological polar surface area (TPSA) is 73.1 Å². The Bertz CT molecular complexity index is 428. The maximum atomic E-state index is 6.10. The SMILES string of the molecule is Cc1nc(NC2CCCC2)c(N)c(OCC(C)C)n1. The van der Waals surface area contributed by atoms with Crippen molar-refractivity contribution in [2.75, 3.05) is 17.7 Å². The predicted octanol–water partition coefficient (Wildman–Crippen LogP) is 2.76. The van der Waals surface area contributed by atoms with E-state index >= 15 is 0 Å². The summed E-state index contributed by atoms with van der Waals surface area (Å²) in [5.74, 6) is 2.36. The average Bonchev–Trinajstić information content (AvgIpc) is 2.84. The first-order valence-corrected chi connectivity index (χ1v) is 7.09. The van der Waals surface area contributed by atoms with Gasteiger partial charge in [0, 0.05) is 6.04 Å². The highest BCUT2D eigenvalue weighted by Gasteiger charge is 2.18. The van der Waals surface area contributed by atoms with Crippen molar-refractivity contribution >= 4 is 11.5 Å². The van der Waals surface area contributed by atoms with Gasteiger partial charge in [0.2, 0.25) is 5.88 Å². The minimum Gasteiger partial charge on any atom is -0.476 e. The first-order valence-electron chi connectivity index (χ1n) is 7.09. The van der Waals surface area contributed by atoms with Crippen LogP contribution >= 0.6 is 0 Å². The molecule has 0 aromatic carbocycles. The number of nitrogens with zero attached hydrogens (tertiary/aromatic N) is 2. The third kappa shape index (κ3) is 3.72. The van der Waals surface area contributed by atoms with Gasteiger partial charge in [-0.1, -0.05) is 26.7 Å². The first kappa shape index (κ1) is 13.9. The molecule has 0 unspecified atom stereocenters. The molecule has 0 atom stereocenters. The Hall–Kier alpha value is -1.52. The van der Waals surface area contributed by atoms with Crippen molar-refractivity contribution in [2.24, 2.45) is 5.92 Å². The molecule has 0 bridgehead atoms. The highest BCUT2D eigenvalue weighted by atomic mass is 16.5. The molecule has 0 aliphatic heterocycles. The number of hydrogen-bond donors (Lipinski definition) is 2. The fourth-order valence-corrected chi connectivity index (χ4v) is 2.28. The van der Waals surface area contributed by atoms with Crippen molar-refractivity contribution < 1.29 is 4.74 Å². The lowest BCUT2D eigenvalue weighted by Crippen LogP contribution is -2.18. The Kier molecular flexibility index (Phi) is 4.45. The van der Waals surface area contributed by atoms with Crippen molar-refractivity contribution in [3.8, 4) is 5.88 Å². The number of nitrogens with one attached hydrogen (secondary N) is 1. The highest BCUT2D eigenvalue weighted by Crippen LogP contribution is 2.29. The van der Waals surface area contributed by atoms with Crippen molar-refractivity contribution in [2.45, 2.75) is 52.5 Å². The van der Waals surface area contributed by atoms with Gasteiger partial charge in [-0.2, -0.15) is 4.98 Å². The molecule has 1 aliphatic carbocycles. The first-order chi connectivity index (χ1) is 9.06. The van der Waals surface area contributed by atoms with Gasteiger partial charge in [0.15, 0.2) is 5.82 Å². The van der Waals surface area contributed by atoms with Gasteiger partial charge in [-0.25, -0.2) is 4.98 Å². The van der Waals surface area contributed by atoms with E-state index < -0.39 is 0 Å². The van der Waals surface area contributed by atoms with E-state index in [1.165, 1.54) is 25.7 Å².